The molecule has 1 rings (SSSR count). The summed E-state index contributed by atoms with van der Waals surface area (Å²) in [6.07, 6.45) is 0. The molecule has 0 aliphatic heterocycles. The molecule has 0 fully saturated rings. The van der Waals surface area contributed by atoms with E-state index in [9.17, 15) is 18.0 Å². The van der Waals surface area contributed by atoms with E-state index in [1.807, 2.05) is 0 Å². The van der Waals surface area contributed by atoms with Crippen LogP contribution in [0.4, 0.5) is 13.2 Å². The highest BCUT2D eigenvalue weighted by molar-refractivity contribution is 5.74. The SMILES string of the molecule is Cc1cc(F)c(F)c(OC(=O)C(C)C)c1F. The minimum atomic E-state index is -1.49. The van der Waals surface area contributed by atoms with Crippen LogP contribution in [-0.2, 0) is 4.79 Å². The van der Waals surface area contributed by atoms with Gasteiger partial charge >= 0.3 is 5.97 Å². The number of hydrogen-bond donors (Lipinski definition) is 0. The molecule has 0 aromatic heterocycles. The Labute approximate surface area is 91.0 Å². The van der Waals surface area contributed by atoms with Crippen LogP contribution >= 0.6 is 0 Å². The molecular weight excluding hydrogens is 221 g/mol. The molecule has 0 atom stereocenters. The molecule has 5 heteroatoms. The van der Waals surface area contributed by atoms with Crippen LogP contribution in [0.3, 0.4) is 0 Å². The molecule has 2 nitrogen and oxygen atoms in total. The average Bonchev–Trinajstić information content (AvgIpc) is 2.21. The summed E-state index contributed by atoms with van der Waals surface area (Å²) < 4.78 is 44.0. The normalized spacial score (nSPS) is 10.7. The lowest BCUT2D eigenvalue weighted by atomic mass is 10.2. The molecular formula is C11H11F3O2. The van der Waals surface area contributed by atoms with E-state index in [2.05, 4.69) is 4.74 Å². The van der Waals surface area contributed by atoms with Crippen molar-refractivity contribution in [1.29, 1.82) is 0 Å². The number of halogens is 3. The fourth-order valence-corrected chi connectivity index (χ4v) is 1.01. The topological polar surface area (TPSA) is 26.3 Å². The van der Waals surface area contributed by atoms with Gasteiger partial charge in [0.2, 0.25) is 11.6 Å². The Morgan fingerprint density at radius 3 is 2.31 bits per heavy atom. The van der Waals surface area contributed by atoms with Gasteiger partial charge in [0.05, 0.1) is 5.92 Å². The highest BCUT2D eigenvalue weighted by Crippen LogP contribution is 2.27. The molecule has 0 amide bonds. The van der Waals surface area contributed by atoms with E-state index in [-0.39, 0.29) is 5.56 Å². The molecule has 0 aliphatic rings. The molecule has 0 unspecified atom stereocenters. The lowest BCUT2D eigenvalue weighted by Crippen LogP contribution is -2.17. The molecule has 0 spiro atoms. The van der Waals surface area contributed by atoms with Crippen molar-refractivity contribution in [3.05, 3.63) is 29.1 Å². The molecule has 88 valence electrons. The van der Waals surface area contributed by atoms with Crippen molar-refractivity contribution in [1.82, 2.24) is 0 Å². The van der Waals surface area contributed by atoms with Crippen LogP contribution in [0.25, 0.3) is 0 Å². The Morgan fingerprint density at radius 1 is 1.25 bits per heavy atom. The van der Waals surface area contributed by atoms with E-state index in [1.54, 1.807) is 0 Å². The number of rotatable bonds is 2. The van der Waals surface area contributed by atoms with E-state index >= 15 is 0 Å². The Morgan fingerprint density at radius 2 is 1.81 bits per heavy atom. The minimum Gasteiger partial charge on any atom is -0.420 e. The Balaban J connectivity index is 3.18. The summed E-state index contributed by atoms with van der Waals surface area (Å²) in [6.45, 7) is 4.26. The largest absolute Gasteiger partial charge is 0.420 e. The monoisotopic (exact) mass is 232 g/mol. The zero-order chi connectivity index (χ0) is 12.5. The molecule has 1 aromatic rings. The number of esters is 1. The third-order valence-corrected chi connectivity index (χ3v) is 1.97. The second-order valence-corrected chi connectivity index (χ2v) is 3.71. The molecule has 0 aliphatic carbocycles. The number of aryl methyl sites for hydroxylation is 1. The maximum Gasteiger partial charge on any atom is 0.313 e. The van der Waals surface area contributed by atoms with Crippen LogP contribution in [0.1, 0.15) is 19.4 Å². The van der Waals surface area contributed by atoms with Gasteiger partial charge in [-0.25, -0.2) is 8.78 Å². The number of hydrogen-bond acceptors (Lipinski definition) is 2. The van der Waals surface area contributed by atoms with Crippen LogP contribution in [0.5, 0.6) is 5.75 Å². The van der Waals surface area contributed by atoms with Gasteiger partial charge in [0.1, 0.15) is 0 Å². The Kier molecular flexibility index (Phi) is 3.57. The first kappa shape index (κ1) is 12.5. The van der Waals surface area contributed by atoms with Crippen LogP contribution in [0.15, 0.2) is 6.07 Å². The third kappa shape index (κ3) is 2.35. The lowest BCUT2D eigenvalue weighted by molar-refractivity contribution is -0.138. The van der Waals surface area contributed by atoms with Crippen molar-refractivity contribution >= 4 is 5.97 Å². The summed E-state index contributed by atoms with van der Waals surface area (Å²) >= 11 is 0. The van der Waals surface area contributed by atoms with Gasteiger partial charge in [-0.1, -0.05) is 13.8 Å². The van der Waals surface area contributed by atoms with Gasteiger partial charge in [-0.3, -0.25) is 4.79 Å². The number of ether oxygens (including phenoxy) is 1. The van der Waals surface area contributed by atoms with Crippen LogP contribution < -0.4 is 4.74 Å². The highest BCUT2D eigenvalue weighted by atomic mass is 19.2. The number of benzene rings is 1. The van der Waals surface area contributed by atoms with E-state index in [0.29, 0.717) is 6.07 Å². The summed E-state index contributed by atoms with van der Waals surface area (Å²) in [7, 11) is 0. The van der Waals surface area contributed by atoms with Crippen molar-refractivity contribution in [2.24, 2.45) is 5.92 Å². The lowest BCUT2D eigenvalue weighted by Gasteiger charge is -2.10. The van der Waals surface area contributed by atoms with E-state index < -0.39 is 35.1 Å². The quantitative estimate of drug-likeness (QED) is 0.445. The van der Waals surface area contributed by atoms with Crippen molar-refractivity contribution in [3.63, 3.8) is 0 Å². The van der Waals surface area contributed by atoms with Gasteiger partial charge < -0.3 is 4.74 Å². The van der Waals surface area contributed by atoms with Crippen LogP contribution in [0.2, 0.25) is 0 Å². The summed E-state index contributed by atoms with van der Waals surface area (Å²) in [5, 5.41) is 0. The van der Waals surface area contributed by atoms with Crippen LogP contribution in [0, 0.1) is 30.3 Å². The van der Waals surface area contributed by atoms with Crippen molar-refractivity contribution < 1.29 is 22.7 Å². The Hall–Kier alpha value is -1.52. The fourth-order valence-electron chi connectivity index (χ4n) is 1.01. The highest BCUT2D eigenvalue weighted by Gasteiger charge is 2.22. The predicted octanol–water partition coefficient (Wildman–Crippen LogP) is 2.97. The molecule has 0 bridgehead atoms. The van der Waals surface area contributed by atoms with Crippen molar-refractivity contribution in [3.8, 4) is 5.75 Å². The van der Waals surface area contributed by atoms with Crippen molar-refractivity contribution in [2.75, 3.05) is 0 Å². The van der Waals surface area contributed by atoms with Gasteiger partial charge in [-0.15, -0.1) is 0 Å². The van der Waals surface area contributed by atoms with E-state index in [4.69, 9.17) is 0 Å². The molecule has 0 saturated heterocycles. The van der Waals surface area contributed by atoms with E-state index in [0.717, 1.165) is 0 Å². The Bertz CT molecular complexity index is 401. The van der Waals surface area contributed by atoms with Gasteiger partial charge in [0.25, 0.3) is 0 Å². The zero-order valence-corrected chi connectivity index (χ0v) is 9.11. The first-order valence-electron chi connectivity index (χ1n) is 4.70. The van der Waals surface area contributed by atoms with Gasteiger partial charge in [0, 0.05) is 0 Å². The average molecular weight is 232 g/mol. The molecule has 1 aromatic carbocycles. The fraction of sp³-hybridized carbons (Fsp3) is 0.364. The maximum atomic E-state index is 13.4. The smallest absolute Gasteiger partial charge is 0.313 e. The second kappa shape index (κ2) is 4.55. The first-order chi connectivity index (χ1) is 7.34. The standard InChI is InChI=1S/C11H11F3O2/c1-5(2)11(15)16-10-8(13)6(3)4-7(12)9(10)14/h4-5H,1-3H3. The zero-order valence-electron chi connectivity index (χ0n) is 9.11. The summed E-state index contributed by atoms with van der Waals surface area (Å²) in [6, 6.07) is 0.706. The summed E-state index contributed by atoms with van der Waals surface area (Å²) in [5.74, 6) is -6.14. The number of carbonyl (C=O) groups excluding carboxylic acids is 1. The molecule has 0 N–H and O–H groups in total. The second-order valence-electron chi connectivity index (χ2n) is 3.71. The molecule has 16 heavy (non-hydrogen) atoms. The first-order valence-corrected chi connectivity index (χ1v) is 4.70. The summed E-state index contributed by atoms with van der Waals surface area (Å²) in [5.41, 5.74) is -0.120. The molecule has 0 saturated carbocycles. The molecule has 0 radical (unpaired) electrons. The minimum absolute atomic E-state index is 0.120. The van der Waals surface area contributed by atoms with Gasteiger partial charge in [-0.2, -0.15) is 4.39 Å². The van der Waals surface area contributed by atoms with Crippen LogP contribution in [-0.4, -0.2) is 5.97 Å². The number of carbonyl (C=O) groups is 1. The predicted molar refractivity (Wildman–Crippen MR) is 51.5 cm³/mol. The molecule has 0 heterocycles. The van der Waals surface area contributed by atoms with Crippen molar-refractivity contribution in [2.45, 2.75) is 20.8 Å². The summed E-state index contributed by atoms with van der Waals surface area (Å²) in [4.78, 5) is 11.2. The third-order valence-electron chi connectivity index (χ3n) is 1.97. The van der Waals surface area contributed by atoms with Gasteiger partial charge in [-0.05, 0) is 18.6 Å². The maximum absolute atomic E-state index is 13.4. The van der Waals surface area contributed by atoms with E-state index in [1.165, 1.54) is 20.8 Å². The van der Waals surface area contributed by atoms with Gasteiger partial charge in [0.15, 0.2) is 11.6 Å².